The van der Waals surface area contributed by atoms with E-state index < -0.39 is 5.56 Å². The number of carbonyl (C=O) groups is 1. The Morgan fingerprint density at radius 1 is 1.13 bits per heavy atom. The zero-order valence-electron chi connectivity index (χ0n) is 19.8. The molecular formula is C27H19Cl2N5O2S2. The Bertz CT molecular complexity index is 1630. The van der Waals surface area contributed by atoms with Crippen molar-refractivity contribution in [3.8, 4) is 17.3 Å². The van der Waals surface area contributed by atoms with Crippen LogP contribution in [0.4, 0.5) is 5.69 Å². The molecule has 3 aromatic carbocycles. The molecule has 0 radical (unpaired) electrons. The molecule has 38 heavy (non-hydrogen) atoms. The van der Waals surface area contributed by atoms with E-state index in [4.69, 9.17) is 35.4 Å². The second kappa shape index (κ2) is 12.2. The van der Waals surface area contributed by atoms with Gasteiger partial charge in [0.2, 0.25) is 0 Å². The van der Waals surface area contributed by atoms with Crippen molar-refractivity contribution in [2.75, 3.05) is 5.32 Å². The summed E-state index contributed by atoms with van der Waals surface area (Å²) in [5, 5.41) is 16.4. The average molecular weight is 581 g/mol. The third-order valence-electron chi connectivity index (χ3n) is 5.41. The maximum atomic E-state index is 12.6. The van der Waals surface area contributed by atoms with Gasteiger partial charge in [0, 0.05) is 27.6 Å². The van der Waals surface area contributed by atoms with Crippen molar-refractivity contribution < 1.29 is 4.79 Å². The van der Waals surface area contributed by atoms with Crippen LogP contribution in [0.15, 0.2) is 76.7 Å². The highest BCUT2D eigenvalue weighted by Crippen LogP contribution is 2.31. The number of H-pyrrole nitrogens is 1. The maximum absolute atomic E-state index is 12.6. The molecule has 7 nitrogen and oxygen atoms in total. The van der Waals surface area contributed by atoms with Gasteiger partial charge in [0.1, 0.15) is 11.6 Å². The van der Waals surface area contributed by atoms with Gasteiger partial charge in [-0.2, -0.15) is 5.26 Å². The molecule has 0 fully saturated rings. The number of halogens is 2. The average Bonchev–Trinajstić information content (AvgIpc) is 2.89. The van der Waals surface area contributed by atoms with Crippen molar-refractivity contribution in [3.63, 3.8) is 0 Å². The number of para-hydroxylation sites is 1. The predicted octanol–water partition coefficient (Wildman–Crippen LogP) is 6.34. The molecule has 0 unspecified atom stereocenters. The Balaban J connectivity index is 1.43. The molecule has 1 amide bonds. The lowest BCUT2D eigenvalue weighted by Gasteiger charge is -2.12. The first-order valence-corrected chi connectivity index (χ1v) is 13.3. The SMILES string of the molecule is Cc1ccccc1NC(=S)NC(=O)c1ccc(CSc2nc(-c3ccc(Cl)cc3Cl)c(C#N)c(=O)[nH]2)cc1. The van der Waals surface area contributed by atoms with Crippen molar-refractivity contribution in [2.24, 2.45) is 0 Å². The van der Waals surface area contributed by atoms with Crippen LogP contribution in [-0.2, 0) is 5.75 Å². The summed E-state index contributed by atoms with van der Waals surface area (Å²) in [5.74, 6) is 0.121. The van der Waals surface area contributed by atoms with Gasteiger partial charge in [0.05, 0.1) is 10.7 Å². The number of nitrogens with zero attached hydrogens (tertiary/aromatic N) is 2. The van der Waals surface area contributed by atoms with Crippen molar-refractivity contribution >= 4 is 63.9 Å². The van der Waals surface area contributed by atoms with Crippen LogP contribution in [0.3, 0.4) is 0 Å². The maximum Gasteiger partial charge on any atom is 0.270 e. The van der Waals surface area contributed by atoms with E-state index in [0.29, 0.717) is 27.1 Å². The largest absolute Gasteiger partial charge is 0.332 e. The summed E-state index contributed by atoms with van der Waals surface area (Å²) in [6, 6.07) is 21.3. The van der Waals surface area contributed by atoms with Crippen molar-refractivity contribution in [3.05, 3.63) is 109 Å². The number of aromatic amines is 1. The summed E-state index contributed by atoms with van der Waals surface area (Å²) in [6.07, 6.45) is 0. The van der Waals surface area contributed by atoms with E-state index in [1.54, 1.807) is 36.4 Å². The van der Waals surface area contributed by atoms with Crippen molar-refractivity contribution in [1.29, 1.82) is 5.26 Å². The predicted molar refractivity (Wildman–Crippen MR) is 156 cm³/mol. The Morgan fingerprint density at radius 2 is 1.87 bits per heavy atom. The number of hydrogen-bond donors (Lipinski definition) is 3. The normalized spacial score (nSPS) is 10.5. The molecule has 4 rings (SSSR count). The van der Waals surface area contributed by atoms with Crippen LogP contribution in [0.2, 0.25) is 10.0 Å². The fourth-order valence-corrected chi connectivity index (χ4v) is 4.96. The molecule has 190 valence electrons. The van der Waals surface area contributed by atoms with Gasteiger partial charge in [-0.25, -0.2) is 4.98 Å². The van der Waals surface area contributed by atoms with Crippen LogP contribution < -0.4 is 16.2 Å². The van der Waals surface area contributed by atoms with Crippen LogP contribution >= 0.6 is 47.2 Å². The third-order valence-corrected chi connectivity index (χ3v) is 7.10. The van der Waals surface area contributed by atoms with Crippen LogP contribution in [0.1, 0.15) is 27.0 Å². The van der Waals surface area contributed by atoms with Crippen molar-refractivity contribution in [2.45, 2.75) is 17.8 Å². The highest BCUT2D eigenvalue weighted by molar-refractivity contribution is 7.98. The Labute approximate surface area is 238 Å². The Kier molecular flexibility index (Phi) is 8.81. The zero-order chi connectivity index (χ0) is 27.2. The molecule has 0 bridgehead atoms. The number of anilines is 1. The number of amides is 1. The number of hydrogen-bond acceptors (Lipinski definition) is 6. The van der Waals surface area contributed by atoms with Gasteiger partial charge in [-0.05, 0) is 66.7 Å². The van der Waals surface area contributed by atoms with E-state index in [-0.39, 0.29) is 27.3 Å². The highest BCUT2D eigenvalue weighted by atomic mass is 35.5. The van der Waals surface area contributed by atoms with Crippen molar-refractivity contribution in [1.82, 2.24) is 15.3 Å². The van der Waals surface area contributed by atoms with Gasteiger partial charge in [-0.3, -0.25) is 14.9 Å². The van der Waals surface area contributed by atoms with Crippen LogP contribution in [-0.4, -0.2) is 21.0 Å². The summed E-state index contributed by atoms with van der Waals surface area (Å²) in [6.45, 7) is 1.94. The zero-order valence-corrected chi connectivity index (χ0v) is 23.0. The molecule has 1 aromatic heterocycles. The fourth-order valence-electron chi connectivity index (χ4n) is 3.45. The van der Waals surface area contributed by atoms with E-state index in [1.807, 2.05) is 37.3 Å². The highest BCUT2D eigenvalue weighted by Gasteiger charge is 2.17. The fraction of sp³-hybridized carbons (Fsp3) is 0.0741. The molecule has 1 heterocycles. The summed E-state index contributed by atoms with van der Waals surface area (Å²) in [5.41, 5.74) is 3.08. The standard InChI is InChI=1S/C27H19Cl2N5O2S2/c1-15-4-2-3-5-22(15)31-26(37)33-24(35)17-8-6-16(7-9-17)14-38-27-32-23(20(13-30)25(36)34-27)19-11-10-18(28)12-21(19)29/h2-12H,14H2,1H3,(H,32,34,36)(H2,31,33,35,37). The summed E-state index contributed by atoms with van der Waals surface area (Å²) < 4.78 is 0. The Morgan fingerprint density at radius 3 is 2.55 bits per heavy atom. The van der Waals surface area contributed by atoms with Gasteiger partial charge < -0.3 is 10.3 Å². The molecule has 0 aliphatic rings. The van der Waals surface area contributed by atoms with Gasteiger partial charge in [-0.1, -0.05) is 65.3 Å². The molecule has 0 spiro atoms. The molecule has 0 saturated heterocycles. The molecule has 0 aliphatic heterocycles. The number of nitriles is 1. The van der Waals surface area contributed by atoms with E-state index in [9.17, 15) is 14.9 Å². The minimum absolute atomic E-state index is 0.135. The third kappa shape index (κ3) is 6.60. The van der Waals surface area contributed by atoms with Crippen LogP contribution in [0.5, 0.6) is 0 Å². The molecular weight excluding hydrogens is 561 g/mol. The number of carbonyl (C=O) groups excluding carboxylic acids is 1. The second-order valence-corrected chi connectivity index (χ2v) is 10.3. The number of aromatic nitrogens is 2. The quantitative estimate of drug-likeness (QED) is 0.139. The molecule has 4 aromatic rings. The van der Waals surface area contributed by atoms with Crippen LogP contribution in [0.25, 0.3) is 11.3 Å². The first-order valence-electron chi connectivity index (χ1n) is 11.1. The van der Waals surface area contributed by atoms with Gasteiger partial charge >= 0.3 is 0 Å². The van der Waals surface area contributed by atoms with E-state index in [1.165, 1.54) is 17.8 Å². The number of rotatable bonds is 6. The van der Waals surface area contributed by atoms with E-state index >= 15 is 0 Å². The first kappa shape index (κ1) is 27.4. The Hall–Kier alpha value is -3.68. The summed E-state index contributed by atoms with van der Waals surface area (Å²) in [4.78, 5) is 32.2. The molecule has 3 N–H and O–H groups in total. The second-order valence-electron chi connectivity index (χ2n) is 8.04. The number of benzene rings is 3. The smallest absolute Gasteiger partial charge is 0.270 e. The number of thiocarbonyl (C=S) groups is 1. The monoisotopic (exact) mass is 579 g/mol. The lowest BCUT2D eigenvalue weighted by atomic mass is 10.1. The number of thioether (sulfide) groups is 1. The van der Waals surface area contributed by atoms with Crippen LogP contribution in [0, 0.1) is 18.3 Å². The molecule has 0 atom stereocenters. The minimum Gasteiger partial charge on any atom is -0.332 e. The summed E-state index contributed by atoms with van der Waals surface area (Å²) >= 11 is 18.8. The van der Waals surface area contributed by atoms with Gasteiger partial charge in [-0.15, -0.1) is 0 Å². The molecule has 11 heteroatoms. The lowest BCUT2D eigenvalue weighted by Crippen LogP contribution is -2.34. The molecule has 0 aliphatic carbocycles. The topological polar surface area (TPSA) is 111 Å². The first-order chi connectivity index (χ1) is 18.2. The minimum atomic E-state index is -0.562. The number of aryl methyl sites for hydroxylation is 1. The summed E-state index contributed by atoms with van der Waals surface area (Å²) in [7, 11) is 0. The van der Waals surface area contributed by atoms with Gasteiger partial charge in [0.15, 0.2) is 10.3 Å². The lowest BCUT2D eigenvalue weighted by molar-refractivity contribution is 0.0977. The van der Waals surface area contributed by atoms with Gasteiger partial charge in [0.25, 0.3) is 11.5 Å². The van der Waals surface area contributed by atoms with E-state index in [2.05, 4.69) is 20.6 Å². The van der Waals surface area contributed by atoms with E-state index in [0.717, 1.165) is 16.8 Å². The number of nitrogens with one attached hydrogen (secondary N) is 3. The molecule has 0 saturated carbocycles.